The Morgan fingerprint density at radius 1 is 1.44 bits per heavy atom. The number of ketones is 1. The molecule has 16 heavy (non-hydrogen) atoms. The maximum Gasteiger partial charge on any atom is 0.159 e. The van der Waals surface area contributed by atoms with E-state index < -0.39 is 0 Å². The van der Waals surface area contributed by atoms with Gasteiger partial charge in [0.25, 0.3) is 0 Å². The lowest BCUT2D eigenvalue weighted by Gasteiger charge is -2.10. The summed E-state index contributed by atoms with van der Waals surface area (Å²) in [7, 11) is 0. The number of nitrogens with two attached hydrogens (primary N) is 1. The second-order valence-corrected chi connectivity index (χ2v) is 4.34. The summed E-state index contributed by atoms with van der Waals surface area (Å²) < 4.78 is 5.55. The summed E-state index contributed by atoms with van der Waals surface area (Å²) in [6.07, 6.45) is 0.994. The van der Waals surface area contributed by atoms with E-state index in [9.17, 15) is 4.79 Å². The van der Waals surface area contributed by atoms with Crippen molar-refractivity contribution in [3.05, 3.63) is 23.8 Å². The predicted molar refractivity (Wildman–Crippen MR) is 65.8 cm³/mol. The molecule has 0 aliphatic carbocycles. The van der Waals surface area contributed by atoms with Gasteiger partial charge in [-0.25, -0.2) is 0 Å². The number of benzene rings is 1. The van der Waals surface area contributed by atoms with Crippen molar-refractivity contribution in [2.75, 3.05) is 12.3 Å². The molecule has 0 heterocycles. The monoisotopic (exact) mass is 221 g/mol. The Hall–Kier alpha value is -1.51. The Kier molecular flexibility index (Phi) is 4.35. The van der Waals surface area contributed by atoms with Gasteiger partial charge < -0.3 is 10.5 Å². The van der Waals surface area contributed by atoms with Crippen LogP contribution in [0.4, 0.5) is 5.69 Å². The van der Waals surface area contributed by atoms with Gasteiger partial charge in [0.1, 0.15) is 5.75 Å². The minimum atomic E-state index is 0.0143. The van der Waals surface area contributed by atoms with E-state index in [2.05, 4.69) is 13.8 Å². The molecular weight excluding hydrogens is 202 g/mol. The van der Waals surface area contributed by atoms with Crippen LogP contribution in [0.25, 0.3) is 0 Å². The maximum atomic E-state index is 11.1. The molecule has 1 aromatic rings. The smallest absolute Gasteiger partial charge is 0.159 e. The molecule has 0 bridgehead atoms. The van der Waals surface area contributed by atoms with Crippen LogP contribution in [0.1, 0.15) is 37.6 Å². The molecule has 1 rings (SSSR count). The van der Waals surface area contributed by atoms with Crippen molar-refractivity contribution < 1.29 is 9.53 Å². The summed E-state index contributed by atoms with van der Waals surface area (Å²) >= 11 is 0. The lowest BCUT2D eigenvalue weighted by molar-refractivity contribution is 0.101. The highest BCUT2D eigenvalue weighted by Crippen LogP contribution is 2.23. The van der Waals surface area contributed by atoms with Gasteiger partial charge in [-0.15, -0.1) is 0 Å². The lowest BCUT2D eigenvalue weighted by Crippen LogP contribution is -2.04. The molecule has 0 saturated carbocycles. The Labute approximate surface area is 96.6 Å². The average Bonchev–Trinajstić information content (AvgIpc) is 2.19. The SMILES string of the molecule is CC(=O)c1ccc(OCCC(C)C)c(N)c1. The number of anilines is 1. The standard InChI is InChI=1S/C13H19NO2/c1-9(2)6-7-16-13-5-4-11(10(3)15)8-12(13)14/h4-5,8-9H,6-7,14H2,1-3H3. The second kappa shape index (κ2) is 5.54. The van der Waals surface area contributed by atoms with Gasteiger partial charge >= 0.3 is 0 Å². The molecule has 2 N–H and O–H groups in total. The minimum absolute atomic E-state index is 0.0143. The predicted octanol–water partition coefficient (Wildman–Crippen LogP) is 2.90. The number of ether oxygens (including phenoxy) is 1. The van der Waals surface area contributed by atoms with Crippen LogP contribution in [-0.4, -0.2) is 12.4 Å². The van der Waals surface area contributed by atoms with Gasteiger partial charge in [0.05, 0.1) is 12.3 Å². The number of hydrogen-bond acceptors (Lipinski definition) is 3. The highest BCUT2D eigenvalue weighted by atomic mass is 16.5. The number of carbonyl (C=O) groups excluding carboxylic acids is 1. The van der Waals surface area contributed by atoms with Crippen LogP contribution in [-0.2, 0) is 0 Å². The van der Waals surface area contributed by atoms with Crippen LogP contribution >= 0.6 is 0 Å². The molecular formula is C13H19NO2. The van der Waals surface area contributed by atoms with E-state index in [4.69, 9.17) is 10.5 Å². The molecule has 3 heteroatoms. The van der Waals surface area contributed by atoms with E-state index in [0.717, 1.165) is 6.42 Å². The fourth-order valence-electron chi connectivity index (χ4n) is 1.30. The first-order valence-corrected chi connectivity index (χ1v) is 5.54. The maximum absolute atomic E-state index is 11.1. The van der Waals surface area contributed by atoms with Crippen molar-refractivity contribution in [2.24, 2.45) is 5.92 Å². The third kappa shape index (κ3) is 3.57. The van der Waals surface area contributed by atoms with E-state index in [1.807, 2.05) is 0 Å². The molecule has 0 spiro atoms. The Bertz CT molecular complexity index is 372. The highest BCUT2D eigenvalue weighted by Gasteiger charge is 2.05. The van der Waals surface area contributed by atoms with E-state index in [-0.39, 0.29) is 5.78 Å². The molecule has 0 aliphatic heterocycles. The zero-order chi connectivity index (χ0) is 12.1. The molecule has 0 radical (unpaired) electrons. The summed E-state index contributed by atoms with van der Waals surface area (Å²) in [5, 5.41) is 0. The van der Waals surface area contributed by atoms with Gasteiger partial charge in [0.2, 0.25) is 0 Å². The van der Waals surface area contributed by atoms with Crippen LogP contribution in [0, 0.1) is 5.92 Å². The Morgan fingerprint density at radius 2 is 2.12 bits per heavy atom. The zero-order valence-electron chi connectivity index (χ0n) is 10.1. The van der Waals surface area contributed by atoms with Crippen molar-refractivity contribution in [1.82, 2.24) is 0 Å². The van der Waals surface area contributed by atoms with Gasteiger partial charge in [-0.3, -0.25) is 4.79 Å². The normalized spacial score (nSPS) is 10.5. The fraction of sp³-hybridized carbons (Fsp3) is 0.462. The van der Waals surface area contributed by atoms with Gasteiger partial charge in [0.15, 0.2) is 5.78 Å². The number of nitrogen functional groups attached to an aromatic ring is 1. The Morgan fingerprint density at radius 3 is 2.62 bits per heavy atom. The van der Waals surface area contributed by atoms with Crippen LogP contribution in [0.15, 0.2) is 18.2 Å². The quantitative estimate of drug-likeness (QED) is 0.614. The van der Waals surface area contributed by atoms with Crippen LogP contribution in [0.5, 0.6) is 5.75 Å². The lowest BCUT2D eigenvalue weighted by atomic mass is 10.1. The second-order valence-electron chi connectivity index (χ2n) is 4.34. The fourth-order valence-corrected chi connectivity index (χ4v) is 1.30. The molecule has 1 aromatic carbocycles. The summed E-state index contributed by atoms with van der Waals surface area (Å²) in [4.78, 5) is 11.1. The largest absolute Gasteiger partial charge is 0.491 e. The van der Waals surface area contributed by atoms with E-state index >= 15 is 0 Å². The molecule has 0 unspecified atom stereocenters. The van der Waals surface area contributed by atoms with Crippen LogP contribution in [0.2, 0.25) is 0 Å². The molecule has 0 saturated heterocycles. The first-order chi connectivity index (χ1) is 7.50. The zero-order valence-corrected chi connectivity index (χ0v) is 10.1. The first kappa shape index (κ1) is 12.6. The van der Waals surface area contributed by atoms with Gasteiger partial charge in [-0.05, 0) is 37.5 Å². The van der Waals surface area contributed by atoms with E-state index in [1.54, 1.807) is 18.2 Å². The van der Waals surface area contributed by atoms with Gasteiger partial charge in [0, 0.05) is 5.56 Å². The first-order valence-electron chi connectivity index (χ1n) is 5.54. The van der Waals surface area contributed by atoms with Crippen molar-refractivity contribution in [2.45, 2.75) is 27.2 Å². The van der Waals surface area contributed by atoms with Gasteiger partial charge in [-0.2, -0.15) is 0 Å². The van der Waals surface area contributed by atoms with Crippen molar-refractivity contribution in [3.8, 4) is 5.75 Å². The summed E-state index contributed by atoms with van der Waals surface area (Å²) in [6, 6.07) is 5.16. The third-order valence-electron chi connectivity index (χ3n) is 2.37. The number of carbonyl (C=O) groups is 1. The number of hydrogen-bond donors (Lipinski definition) is 1. The average molecular weight is 221 g/mol. The molecule has 0 atom stereocenters. The van der Waals surface area contributed by atoms with Crippen molar-refractivity contribution in [3.63, 3.8) is 0 Å². The van der Waals surface area contributed by atoms with Crippen LogP contribution in [0.3, 0.4) is 0 Å². The topological polar surface area (TPSA) is 52.3 Å². The van der Waals surface area contributed by atoms with Crippen LogP contribution < -0.4 is 10.5 Å². The van der Waals surface area contributed by atoms with Crippen molar-refractivity contribution >= 4 is 11.5 Å². The molecule has 0 fully saturated rings. The highest BCUT2D eigenvalue weighted by molar-refractivity contribution is 5.95. The molecule has 0 aliphatic rings. The third-order valence-corrected chi connectivity index (χ3v) is 2.37. The number of Topliss-reactive ketones (excluding diaryl/α,β-unsaturated/α-hetero) is 1. The van der Waals surface area contributed by atoms with Crippen molar-refractivity contribution in [1.29, 1.82) is 0 Å². The van der Waals surface area contributed by atoms with Gasteiger partial charge in [-0.1, -0.05) is 13.8 Å². The minimum Gasteiger partial charge on any atom is -0.491 e. The Balaban J connectivity index is 2.64. The molecule has 88 valence electrons. The van der Waals surface area contributed by atoms with E-state index in [1.165, 1.54) is 6.92 Å². The summed E-state index contributed by atoms with van der Waals surface area (Å²) in [5.74, 6) is 1.28. The molecule has 0 aromatic heterocycles. The number of rotatable bonds is 5. The summed E-state index contributed by atoms with van der Waals surface area (Å²) in [6.45, 7) is 6.46. The molecule has 3 nitrogen and oxygen atoms in total. The van der Waals surface area contributed by atoms with E-state index in [0.29, 0.717) is 29.5 Å². The summed E-state index contributed by atoms with van der Waals surface area (Å²) in [5.41, 5.74) is 6.94. The molecule has 0 amide bonds.